The van der Waals surface area contributed by atoms with Gasteiger partial charge in [0, 0.05) is 0 Å². The normalized spacial score (nSPS) is 11.6. The maximum Gasteiger partial charge on any atom is 0.277 e. The first kappa shape index (κ1) is 14.9. The number of benzene rings is 1. The number of aryl methyl sites for hydroxylation is 1. The molecular weight excluding hydrogens is 379 g/mol. The van der Waals surface area contributed by atoms with Crippen molar-refractivity contribution >= 4 is 49.2 Å². The Hall–Kier alpha value is -1.46. The summed E-state index contributed by atoms with van der Waals surface area (Å²) in [5.41, 5.74) is 5.02. The van der Waals surface area contributed by atoms with Crippen LogP contribution in [0.15, 0.2) is 15.4 Å². The van der Waals surface area contributed by atoms with Crippen LogP contribution < -0.4 is 10.5 Å². The average molecular weight is 386 g/mol. The number of halogens is 3. The molecule has 2 aromatic rings. The molecule has 0 spiro atoms. The van der Waals surface area contributed by atoms with E-state index >= 15 is 0 Å². The summed E-state index contributed by atoms with van der Waals surface area (Å²) in [5, 5.41) is 10.5. The van der Waals surface area contributed by atoms with Gasteiger partial charge in [0.25, 0.3) is 16.0 Å². The Morgan fingerprint density at radius 1 is 1.55 bits per heavy atom. The van der Waals surface area contributed by atoms with Crippen molar-refractivity contribution in [1.29, 1.82) is 0 Å². The first-order valence-corrected chi connectivity index (χ1v) is 7.57. The topological polar surface area (TPSA) is 116 Å². The molecule has 1 aromatic carbocycles. The molecule has 0 radical (unpaired) electrons. The molecule has 1 aromatic heterocycles. The smallest absolute Gasteiger partial charge is 0.277 e. The molecule has 1 heterocycles. The first-order chi connectivity index (χ1) is 9.22. The highest BCUT2D eigenvalue weighted by Crippen LogP contribution is 2.35. The number of nitrogens with zero attached hydrogens (tertiary/aromatic N) is 4. The van der Waals surface area contributed by atoms with Crippen LogP contribution in [0, 0.1) is 5.82 Å². The third kappa shape index (κ3) is 2.69. The third-order valence-corrected chi connectivity index (χ3v) is 4.89. The van der Waals surface area contributed by atoms with Crippen molar-refractivity contribution in [2.45, 2.75) is 4.90 Å². The zero-order valence-corrected chi connectivity index (χ0v) is 13.0. The fourth-order valence-electron chi connectivity index (χ4n) is 1.30. The van der Waals surface area contributed by atoms with Crippen molar-refractivity contribution in [3.05, 3.63) is 21.4 Å². The van der Waals surface area contributed by atoms with E-state index in [1.165, 1.54) is 7.05 Å². The van der Waals surface area contributed by atoms with Gasteiger partial charge in [-0.2, -0.15) is 4.80 Å². The quantitative estimate of drug-likeness (QED) is 0.605. The lowest BCUT2D eigenvalue weighted by Gasteiger charge is -2.09. The number of sulfonamides is 1. The van der Waals surface area contributed by atoms with Crippen molar-refractivity contribution in [1.82, 2.24) is 20.2 Å². The molecule has 8 nitrogen and oxygen atoms in total. The van der Waals surface area contributed by atoms with E-state index in [9.17, 15) is 12.8 Å². The Balaban J connectivity index is 2.50. The summed E-state index contributed by atoms with van der Waals surface area (Å²) in [5.74, 6) is -1.43. The van der Waals surface area contributed by atoms with Gasteiger partial charge in [-0.1, -0.05) is 16.7 Å². The van der Waals surface area contributed by atoms with E-state index in [4.69, 9.17) is 17.3 Å². The summed E-state index contributed by atoms with van der Waals surface area (Å²) in [6.07, 6.45) is 0. The van der Waals surface area contributed by atoms with Gasteiger partial charge in [0.15, 0.2) is 5.82 Å². The van der Waals surface area contributed by atoms with Crippen LogP contribution >= 0.6 is 27.5 Å². The van der Waals surface area contributed by atoms with Crippen molar-refractivity contribution in [3.8, 4) is 0 Å². The predicted octanol–water partition coefficient (Wildman–Crippen LogP) is 1.15. The second-order valence-electron chi connectivity index (χ2n) is 3.61. The molecule has 108 valence electrons. The number of hydrogen-bond acceptors (Lipinski definition) is 6. The van der Waals surface area contributed by atoms with Crippen LogP contribution in [0.2, 0.25) is 5.02 Å². The largest absolute Gasteiger partial charge is 0.395 e. The zero-order chi connectivity index (χ0) is 15.1. The maximum absolute atomic E-state index is 14.0. The number of tetrazole rings is 1. The van der Waals surface area contributed by atoms with Crippen LogP contribution in [0.3, 0.4) is 0 Å². The molecule has 0 fully saturated rings. The summed E-state index contributed by atoms with van der Waals surface area (Å²) in [6, 6.07) is 0.927. The van der Waals surface area contributed by atoms with E-state index in [0.717, 1.165) is 10.9 Å². The molecule has 0 bridgehead atoms. The highest BCUT2D eigenvalue weighted by Gasteiger charge is 2.25. The molecule has 20 heavy (non-hydrogen) atoms. The van der Waals surface area contributed by atoms with Gasteiger partial charge in [-0.15, -0.1) is 5.10 Å². The molecule has 0 amide bonds. The first-order valence-electron chi connectivity index (χ1n) is 4.92. The summed E-state index contributed by atoms with van der Waals surface area (Å²) < 4.78 is 40.1. The lowest BCUT2D eigenvalue weighted by molar-refractivity contribution is 0.572. The number of aromatic nitrogens is 4. The van der Waals surface area contributed by atoms with Crippen LogP contribution in [0.4, 0.5) is 16.0 Å². The van der Waals surface area contributed by atoms with E-state index in [0.29, 0.717) is 0 Å². The Morgan fingerprint density at radius 2 is 2.20 bits per heavy atom. The van der Waals surface area contributed by atoms with Gasteiger partial charge in [0.1, 0.15) is 4.90 Å². The molecule has 0 atom stereocenters. The van der Waals surface area contributed by atoms with Gasteiger partial charge in [-0.3, -0.25) is 0 Å². The molecule has 0 aliphatic carbocycles. The highest BCUT2D eigenvalue weighted by molar-refractivity contribution is 9.10. The number of nitrogen functional groups attached to an aromatic ring is 1. The molecule has 0 saturated carbocycles. The standard InChI is InChI=1S/C8H7BrClFN6O2S/c1-17-14-8(13-16-17)15-20(18,19)4-2-3(10)5(9)7(12)6(4)11/h2H,12H2,1H3,(H,14,15). The summed E-state index contributed by atoms with van der Waals surface area (Å²) in [4.78, 5) is 0.326. The fraction of sp³-hybridized carbons (Fsp3) is 0.125. The lowest BCUT2D eigenvalue weighted by atomic mass is 10.3. The van der Waals surface area contributed by atoms with Crippen molar-refractivity contribution in [2.24, 2.45) is 7.05 Å². The lowest BCUT2D eigenvalue weighted by Crippen LogP contribution is -2.17. The SMILES string of the molecule is Cn1nnc(NS(=O)(=O)c2cc(Cl)c(Br)c(N)c2F)n1. The Kier molecular flexibility index (Phi) is 3.84. The number of hydrogen-bond donors (Lipinski definition) is 2. The number of anilines is 2. The number of nitrogens with one attached hydrogen (secondary N) is 1. The third-order valence-electron chi connectivity index (χ3n) is 2.18. The van der Waals surface area contributed by atoms with Gasteiger partial charge in [-0.05, 0) is 27.2 Å². The van der Waals surface area contributed by atoms with Gasteiger partial charge in [0.2, 0.25) is 0 Å². The fourth-order valence-corrected chi connectivity index (χ4v) is 2.91. The van der Waals surface area contributed by atoms with Crippen molar-refractivity contribution < 1.29 is 12.8 Å². The summed E-state index contributed by atoms with van der Waals surface area (Å²) in [6.45, 7) is 0. The van der Waals surface area contributed by atoms with Crippen molar-refractivity contribution in [3.63, 3.8) is 0 Å². The zero-order valence-electron chi connectivity index (χ0n) is 9.80. The predicted molar refractivity (Wildman–Crippen MR) is 73.1 cm³/mol. The highest BCUT2D eigenvalue weighted by atomic mass is 79.9. The molecule has 2 rings (SSSR count). The average Bonchev–Trinajstić information content (AvgIpc) is 2.75. The summed E-state index contributed by atoms with van der Waals surface area (Å²) >= 11 is 8.72. The van der Waals surface area contributed by atoms with E-state index < -0.39 is 26.4 Å². The van der Waals surface area contributed by atoms with Crippen LogP contribution in [-0.2, 0) is 17.1 Å². The van der Waals surface area contributed by atoms with Gasteiger partial charge in [-0.25, -0.2) is 17.5 Å². The molecule has 0 saturated heterocycles. The second-order valence-corrected chi connectivity index (χ2v) is 6.46. The van der Waals surface area contributed by atoms with E-state index in [1.54, 1.807) is 0 Å². The maximum atomic E-state index is 14.0. The van der Waals surface area contributed by atoms with Gasteiger partial charge < -0.3 is 5.73 Å². The molecular formula is C8H7BrClFN6O2S. The van der Waals surface area contributed by atoms with Gasteiger partial charge in [0.05, 0.1) is 22.2 Å². The van der Waals surface area contributed by atoms with Gasteiger partial charge >= 0.3 is 0 Å². The van der Waals surface area contributed by atoms with Crippen LogP contribution in [0.5, 0.6) is 0 Å². The summed E-state index contributed by atoms with van der Waals surface area (Å²) in [7, 11) is -2.84. The number of rotatable bonds is 3. The van der Waals surface area contributed by atoms with Crippen LogP contribution in [0.1, 0.15) is 0 Å². The van der Waals surface area contributed by atoms with E-state index in [1.807, 2.05) is 4.72 Å². The molecule has 12 heteroatoms. The number of nitrogens with two attached hydrogens (primary N) is 1. The second kappa shape index (κ2) is 5.14. The Morgan fingerprint density at radius 3 is 2.75 bits per heavy atom. The Bertz CT molecular complexity index is 780. The molecule has 0 unspecified atom stereocenters. The van der Waals surface area contributed by atoms with E-state index in [2.05, 4.69) is 31.3 Å². The minimum Gasteiger partial charge on any atom is -0.395 e. The minimum atomic E-state index is -4.28. The Labute approximate surface area is 126 Å². The van der Waals surface area contributed by atoms with Crippen LogP contribution in [0.25, 0.3) is 0 Å². The van der Waals surface area contributed by atoms with Crippen molar-refractivity contribution in [2.75, 3.05) is 10.5 Å². The minimum absolute atomic E-state index is 0.0450. The molecule has 0 aliphatic heterocycles. The monoisotopic (exact) mass is 384 g/mol. The molecule has 3 N–H and O–H groups in total. The molecule has 0 aliphatic rings. The van der Waals surface area contributed by atoms with Crippen LogP contribution in [-0.4, -0.2) is 28.6 Å². The van der Waals surface area contributed by atoms with E-state index in [-0.39, 0.29) is 15.4 Å².